The zero-order chi connectivity index (χ0) is 17.7. The third-order valence-corrected chi connectivity index (χ3v) is 4.70. The Kier molecular flexibility index (Phi) is 3.41. The van der Waals surface area contributed by atoms with Crippen molar-refractivity contribution in [1.82, 2.24) is 15.2 Å². The third kappa shape index (κ3) is 2.32. The van der Waals surface area contributed by atoms with Crippen LogP contribution in [0.2, 0.25) is 5.15 Å². The highest BCUT2D eigenvalue weighted by Crippen LogP contribution is 2.44. The van der Waals surface area contributed by atoms with Crippen LogP contribution in [0.3, 0.4) is 0 Å². The summed E-state index contributed by atoms with van der Waals surface area (Å²) in [4.78, 5) is 4.51. The molecule has 124 valence electrons. The Bertz CT molecular complexity index is 1090. The van der Waals surface area contributed by atoms with Crippen LogP contribution in [-0.4, -0.2) is 15.2 Å². The molecule has 6 nitrogen and oxygen atoms in total. The maximum atomic E-state index is 9.63. The summed E-state index contributed by atoms with van der Waals surface area (Å²) in [6.07, 6.45) is 0. The van der Waals surface area contributed by atoms with Crippen LogP contribution in [0, 0.1) is 25.2 Å². The molecule has 4 rings (SSSR count). The average molecular weight is 352 g/mol. The number of nitrogens with zero attached hydrogens (tertiary/aromatic N) is 3. The number of H-pyrrole nitrogens is 1. The summed E-state index contributed by atoms with van der Waals surface area (Å²) < 4.78 is 5.48. The summed E-state index contributed by atoms with van der Waals surface area (Å²) in [6.45, 7) is 3.87. The Morgan fingerprint density at radius 3 is 2.88 bits per heavy atom. The fraction of sp³-hybridized carbons (Fsp3) is 0.167. The summed E-state index contributed by atoms with van der Waals surface area (Å²) in [5.74, 6) is -0.0798. The Hall–Kier alpha value is -3.04. The van der Waals surface area contributed by atoms with Gasteiger partial charge in [0.1, 0.15) is 16.8 Å². The molecule has 0 aliphatic carbocycles. The molecule has 0 bridgehead atoms. The lowest BCUT2D eigenvalue weighted by Gasteiger charge is -2.24. The van der Waals surface area contributed by atoms with Gasteiger partial charge in [0.15, 0.2) is 0 Å². The van der Waals surface area contributed by atoms with E-state index in [1.54, 1.807) is 0 Å². The monoisotopic (exact) mass is 351 g/mol. The topological polar surface area (TPSA) is 101 Å². The number of aryl methyl sites for hydroxylation is 2. The first kappa shape index (κ1) is 15.5. The van der Waals surface area contributed by atoms with Crippen LogP contribution >= 0.6 is 11.6 Å². The third-order valence-electron chi connectivity index (χ3n) is 4.39. The van der Waals surface area contributed by atoms with Crippen molar-refractivity contribution in [2.45, 2.75) is 19.8 Å². The van der Waals surface area contributed by atoms with Gasteiger partial charge in [-0.1, -0.05) is 23.7 Å². The van der Waals surface area contributed by atoms with Gasteiger partial charge in [0, 0.05) is 22.2 Å². The van der Waals surface area contributed by atoms with Crippen molar-refractivity contribution < 1.29 is 4.74 Å². The van der Waals surface area contributed by atoms with E-state index in [2.05, 4.69) is 21.3 Å². The summed E-state index contributed by atoms with van der Waals surface area (Å²) >= 11 is 6.49. The molecule has 3 heterocycles. The van der Waals surface area contributed by atoms with Gasteiger partial charge in [-0.2, -0.15) is 5.26 Å². The van der Waals surface area contributed by atoms with Crippen LogP contribution in [0.1, 0.15) is 28.3 Å². The minimum Gasteiger partial charge on any atom is -0.420 e. The molecule has 1 atom stereocenters. The molecule has 7 heteroatoms. The molecular weight excluding hydrogens is 338 g/mol. The maximum absolute atomic E-state index is 9.63. The van der Waals surface area contributed by atoms with Gasteiger partial charge in [0.05, 0.1) is 11.4 Å². The van der Waals surface area contributed by atoms with E-state index in [-0.39, 0.29) is 5.88 Å². The minimum atomic E-state index is -0.474. The van der Waals surface area contributed by atoms with Gasteiger partial charge in [0.2, 0.25) is 11.8 Å². The zero-order valence-electron chi connectivity index (χ0n) is 13.6. The lowest BCUT2D eigenvalue weighted by Crippen LogP contribution is -2.21. The number of nitrogens with two attached hydrogens (primary N) is 1. The number of aromatic nitrogens is 3. The molecule has 3 N–H and O–H groups in total. The van der Waals surface area contributed by atoms with E-state index in [4.69, 9.17) is 22.1 Å². The van der Waals surface area contributed by atoms with Crippen molar-refractivity contribution in [3.8, 4) is 11.9 Å². The van der Waals surface area contributed by atoms with Crippen LogP contribution in [0.25, 0.3) is 10.9 Å². The normalized spacial score (nSPS) is 16.5. The SMILES string of the molecule is Cc1ccc2cc([C@H]3C(C#N)=C(N)Oc4n[nH]c(C)c43)c(Cl)nc2c1. The minimum absolute atomic E-state index is 0.0339. The standard InChI is InChI=1S/C18H14ClN5O/c1-8-3-4-10-6-11(16(19)22-13(10)5-8)15-12(7-20)17(21)25-18-14(15)9(2)23-24-18/h3-6,15H,21H2,1-2H3,(H,23,24)/t15-/m0/s1. The summed E-state index contributed by atoms with van der Waals surface area (Å²) in [6, 6.07) is 10.1. The fourth-order valence-electron chi connectivity index (χ4n) is 3.18. The van der Waals surface area contributed by atoms with E-state index in [0.717, 1.165) is 27.7 Å². The van der Waals surface area contributed by atoms with Crippen LogP contribution < -0.4 is 10.5 Å². The highest BCUT2D eigenvalue weighted by Gasteiger charge is 2.35. The molecule has 25 heavy (non-hydrogen) atoms. The lowest BCUT2D eigenvalue weighted by atomic mass is 9.84. The number of hydrogen-bond donors (Lipinski definition) is 2. The van der Waals surface area contributed by atoms with E-state index < -0.39 is 5.92 Å². The van der Waals surface area contributed by atoms with Crippen molar-refractivity contribution in [3.63, 3.8) is 0 Å². The summed E-state index contributed by atoms with van der Waals surface area (Å²) in [5.41, 5.74) is 10.4. The fourth-order valence-corrected chi connectivity index (χ4v) is 3.44. The molecule has 0 fully saturated rings. The number of hydrogen-bond acceptors (Lipinski definition) is 5. The number of aromatic amines is 1. The van der Waals surface area contributed by atoms with E-state index in [9.17, 15) is 5.26 Å². The lowest BCUT2D eigenvalue weighted by molar-refractivity contribution is 0.379. The van der Waals surface area contributed by atoms with Gasteiger partial charge in [-0.15, -0.1) is 5.10 Å². The quantitative estimate of drug-likeness (QED) is 0.654. The largest absolute Gasteiger partial charge is 0.420 e. The predicted molar refractivity (Wildman–Crippen MR) is 94.1 cm³/mol. The zero-order valence-corrected chi connectivity index (χ0v) is 14.3. The Morgan fingerprint density at radius 2 is 2.12 bits per heavy atom. The van der Waals surface area contributed by atoms with Crippen molar-refractivity contribution in [1.29, 1.82) is 5.26 Å². The maximum Gasteiger partial charge on any atom is 0.244 e. The van der Waals surface area contributed by atoms with Crippen LogP contribution in [-0.2, 0) is 0 Å². The van der Waals surface area contributed by atoms with Crippen LogP contribution in [0.4, 0.5) is 0 Å². The molecule has 1 aromatic carbocycles. The van der Waals surface area contributed by atoms with Gasteiger partial charge >= 0.3 is 0 Å². The van der Waals surface area contributed by atoms with Gasteiger partial charge in [0.25, 0.3) is 0 Å². The number of nitrogens with one attached hydrogen (secondary N) is 1. The Labute approximate surface area is 148 Å². The number of nitriles is 1. The summed E-state index contributed by atoms with van der Waals surface area (Å²) in [5, 5.41) is 17.9. The highest BCUT2D eigenvalue weighted by molar-refractivity contribution is 6.30. The van der Waals surface area contributed by atoms with Crippen molar-refractivity contribution in [3.05, 3.63) is 63.3 Å². The first-order chi connectivity index (χ1) is 12.0. The van der Waals surface area contributed by atoms with Crippen LogP contribution in [0.5, 0.6) is 5.88 Å². The van der Waals surface area contributed by atoms with Crippen molar-refractivity contribution >= 4 is 22.5 Å². The number of ether oxygens (including phenoxy) is 1. The van der Waals surface area contributed by atoms with Gasteiger partial charge in [-0.3, -0.25) is 5.10 Å². The van der Waals surface area contributed by atoms with Crippen molar-refractivity contribution in [2.24, 2.45) is 5.73 Å². The molecule has 0 radical (unpaired) electrons. The second kappa shape index (κ2) is 5.50. The van der Waals surface area contributed by atoms with Gasteiger partial charge < -0.3 is 10.5 Å². The second-order valence-corrected chi connectivity index (χ2v) is 6.41. The average Bonchev–Trinajstić information content (AvgIpc) is 2.93. The molecule has 0 unspecified atom stereocenters. The molecule has 0 saturated carbocycles. The molecule has 0 spiro atoms. The molecule has 2 aromatic heterocycles. The molecule has 3 aromatic rings. The number of fused-ring (bicyclic) bond motifs is 2. The number of halogens is 1. The number of allylic oxidation sites excluding steroid dienone is 1. The van der Waals surface area contributed by atoms with E-state index >= 15 is 0 Å². The first-order valence-electron chi connectivity index (χ1n) is 7.69. The molecule has 0 saturated heterocycles. The molecular formula is C18H14ClN5O. The Morgan fingerprint density at radius 1 is 1.32 bits per heavy atom. The smallest absolute Gasteiger partial charge is 0.244 e. The molecule has 1 aliphatic heterocycles. The van der Waals surface area contributed by atoms with E-state index in [1.165, 1.54) is 0 Å². The highest BCUT2D eigenvalue weighted by atomic mass is 35.5. The number of benzene rings is 1. The van der Waals surface area contributed by atoms with Crippen molar-refractivity contribution in [2.75, 3.05) is 0 Å². The Balaban J connectivity index is 2.01. The number of rotatable bonds is 1. The predicted octanol–water partition coefficient (Wildman–Crippen LogP) is 3.45. The van der Waals surface area contributed by atoms with Crippen LogP contribution in [0.15, 0.2) is 35.7 Å². The first-order valence-corrected chi connectivity index (χ1v) is 8.06. The van der Waals surface area contributed by atoms with Gasteiger partial charge in [-0.25, -0.2) is 4.98 Å². The number of pyridine rings is 1. The summed E-state index contributed by atoms with van der Waals surface area (Å²) in [7, 11) is 0. The molecule has 1 aliphatic rings. The second-order valence-electron chi connectivity index (χ2n) is 6.06. The van der Waals surface area contributed by atoms with Gasteiger partial charge in [-0.05, 0) is 31.5 Å². The van der Waals surface area contributed by atoms with E-state index in [1.807, 2.05) is 38.1 Å². The molecule has 0 amide bonds. The van der Waals surface area contributed by atoms with E-state index in [0.29, 0.717) is 22.2 Å².